The SMILES string of the molecule is NCCCN(c1cccc(C(F)(F)F)n1)C1CC1. The number of nitrogens with zero attached hydrogens (tertiary/aromatic N) is 2. The van der Waals surface area contributed by atoms with Crippen molar-refractivity contribution in [3.8, 4) is 0 Å². The van der Waals surface area contributed by atoms with Crippen LogP contribution in [0.3, 0.4) is 0 Å². The first-order valence-electron chi connectivity index (χ1n) is 6.03. The highest BCUT2D eigenvalue weighted by molar-refractivity contribution is 5.42. The molecule has 0 saturated heterocycles. The van der Waals surface area contributed by atoms with E-state index < -0.39 is 11.9 Å². The van der Waals surface area contributed by atoms with Gasteiger partial charge in [-0.1, -0.05) is 6.07 Å². The van der Waals surface area contributed by atoms with Crippen LogP contribution < -0.4 is 10.6 Å². The molecule has 0 aliphatic heterocycles. The number of hydrogen-bond acceptors (Lipinski definition) is 3. The second-order valence-corrected chi connectivity index (χ2v) is 4.45. The second kappa shape index (κ2) is 5.14. The largest absolute Gasteiger partial charge is 0.433 e. The van der Waals surface area contributed by atoms with Crippen LogP contribution in [0.4, 0.5) is 19.0 Å². The topological polar surface area (TPSA) is 42.1 Å². The van der Waals surface area contributed by atoms with Gasteiger partial charge in [0.25, 0.3) is 0 Å². The fourth-order valence-corrected chi connectivity index (χ4v) is 1.87. The lowest BCUT2D eigenvalue weighted by molar-refractivity contribution is -0.141. The third-order valence-electron chi connectivity index (χ3n) is 2.91. The molecule has 1 aliphatic carbocycles. The number of anilines is 1. The fraction of sp³-hybridized carbons (Fsp3) is 0.583. The molecule has 2 N–H and O–H groups in total. The summed E-state index contributed by atoms with van der Waals surface area (Å²) in [6.07, 6.45) is -1.60. The molecular weight excluding hydrogens is 243 g/mol. The number of hydrogen-bond donors (Lipinski definition) is 1. The maximum atomic E-state index is 12.6. The lowest BCUT2D eigenvalue weighted by Gasteiger charge is -2.24. The highest BCUT2D eigenvalue weighted by atomic mass is 19.4. The minimum absolute atomic E-state index is 0.326. The Kier molecular flexibility index (Phi) is 3.75. The fourth-order valence-electron chi connectivity index (χ4n) is 1.87. The van der Waals surface area contributed by atoms with Gasteiger partial charge in [-0.3, -0.25) is 0 Å². The molecule has 1 saturated carbocycles. The second-order valence-electron chi connectivity index (χ2n) is 4.45. The summed E-state index contributed by atoms with van der Waals surface area (Å²) in [4.78, 5) is 5.65. The zero-order valence-corrected chi connectivity index (χ0v) is 9.95. The Balaban J connectivity index is 2.19. The van der Waals surface area contributed by atoms with E-state index in [0.29, 0.717) is 24.9 Å². The van der Waals surface area contributed by atoms with Gasteiger partial charge >= 0.3 is 6.18 Å². The van der Waals surface area contributed by atoms with Crippen LogP contribution in [0.15, 0.2) is 18.2 Å². The van der Waals surface area contributed by atoms with Gasteiger partial charge in [-0.05, 0) is 37.9 Å². The summed E-state index contributed by atoms with van der Waals surface area (Å²) in [5, 5.41) is 0. The van der Waals surface area contributed by atoms with Crippen LogP contribution in [0.1, 0.15) is 25.0 Å². The van der Waals surface area contributed by atoms with Gasteiger partial charge in [0.2, 0.25) is 0 Å². The molecule has 0 bridgehead atoms. The Bertz CT molecular complexity index is 402. The van der Waals surface area contributed by atoms with Crippen LogP contribution >= 0.6 is 0 Å². The van der Waals surface area contributed by atoms with Crippen molar-refractivity contribution >= 4 is 5.82 Å². The molecule has 1 aromatic rings. The predicted octanol–water partition coefficient (Wildman–Crippen LogP) is 2.42. The minimum atomic E-state index is -4.39. The van der Waals surface area contributed by atoms with Crippen LogP contribution in [-0.2, 0) is 6.18 Å². The molecule has 100 valence electrons. The van der Waals surface area contributed by atoms with E-state index in [0.717, 1.165) is 25.3 Å². The summed E-state index contributed by atoms with van der Waals surface area (Å²) in [5.41, 5.74) is 4.61. The molecule has 1 aliphatic rings. The summed E-state index contributed by atoms with van der Waals surface area (Å²) in [7, 11) is 0. The summed E-state index contributed by atoms with van der Waals surface area (Å²) in [5.74, 6) is 0.403. The standard InChI is InChI=1S/C12H16F3N3/c13-12(14,15)10-3-1-4-11(17-10)18(8-2-7-16)9-5-6-9/h1,3-4,9H,2,5-8,16H2. The molecule has 6 heteroatoms. The third kappa shape index (κ3) is 3.13. The number of halogens is 3. The predicted molar refractivity (Wildman–Crippen MR) is 63.3 cm³/mol. The van der Waals surface area contributed by atoms with Crippen LogP contribution in [0.25, 0.3) is 0 Å². The van der Waals surface area contributed by atoms with Crippen molar-refractivity contribution in [2.24, 2.45) is 5.73 Å². The lowest BCUT2D eigenvalue weighted by Crippen LogP contribution is -2.29. The molecular formula is C12H16F3N3. The summed E-state index contributed by atoms with van der Waals surface area (Å²) in [6.45, 7) is 1.19. The van der Waals surface area contributed by atoms with Gasteiger partial charge in [-0.25, -0.2) is 4.98 Å². The van der Waals surface area contributed by atoms with Gasteiger partial charge in [0.1, 0.15) is 11.5 Å². The maximum absolute atomic E-state index is 12.6. The van der Waals surface area contributed by atoms with Crippen LogP contribution in [0, 0.1) is 0 Å². The molecule has 18 heavy (non-hydrogen) atoms. The molecule has 0 radical (unpaired) electrons. The van der Waals surface area contributed by atoms with Crippen LogP contribution in [0.2, 0.25) is 0 Å². The van der Waals surface area contributed by atoms with E-state index in [4.69, 9.17) is 5.73 Å². The first kappa shape index (κ1) is 13.1. The normalized spacial score (nSPS) is 15.8. The molecule has 0 unspecified atom stereocenters. The Hall–Kier alpha value is -1.30. The number of aromatic nitrogens is 1. The molecule has 0 atom stereocenters. The quantitative estimate of drug-likeness (QED) is 0.883. The molecule has 1 heterocycles. The van der Waals surface area contributed by atoms with Crippen molar-refractivity contribution < 1.29 is 13.2 Å². The van der Waals surface area contributed by atoms with Crippen molar-refractivity contribution in [3.63, 3.8) is 0 Å². The van der Waals surface area contributed by atoms with Gasteiger partial charge in [0.05, 0.1) is 0 Å². The molecule has 0 aromatic carbocycles. The third-order valence-corrected chi connectivity index (χ3v) is 2.91. The molecule has 0 amide bonds. The Morgan fingerprint density at radius 3 is 2.61 bits per heavy atom. The van der Waals surface area contributed by atoms with E-state index in [1.807, 2.05) is 4.90 Å². The van der Waals surface area contributed by atoms with Gasteiger partial charge < -0.3 is 10.6 Å². The first-order valence-corrected chi connectivity index (χ1v) is 6.03. The van der Waals surface area contributed by atoms with Gasteiger partial charge in [-0.15, -0.1) is 0 Å². The average molecular weight is 259 g/mol. The number of nitrogens with two attached hydrogens (primary N) is 1. The minimum Gasteiger partial charge on any atom is -0.354 e. The first-order chi connectivity index (χ1) is 8.52. The molecule has 1 aromatic heterocycles. The smallest absolute Gasteiger partial charge is 0.354 e. The van der Waals surface area contributed by atoms with Crippen molar-refractivity contribution in [3.05, 3.63) is 23.9 Å². The zero-order valence-electron chi connectivity index (χ0n) is 9.95. The highest BCUT2D eigenvalue weighted by Gasteiger charge is 2.34. The van der Waals surface area contributed by atoms with Crippen molar-refractivity contribution in [2.75, 3.05) is 18.0 Å². The zero-order chi connectivity index (χ0) is 13.2. The van der Waals surface area contributed by atoms with Gasteiger partial charge in [0, 0.05) is 12.6 Å². The van der Waals surface area contributed by atoms with Crippen LogP contribution in [0.5, 0.6) is 0 Å². The monoisotopic (exact) mass is 259 g/mol. The Morgan fingerprint density at radius 1 is 1.33 bits per heavy atom. The molecule has 2 rings (SSSR count). The van der Waals surface area contributed by atoms with E-state index >= 15 is 0 Å². The average Bonchev–Trinajstić information content (AvgIpc) is 3.13. The Morgan fingerprint density at radius 2 is 2.06 bits per heavy atom. The van der Waals surface area contributed by atoms with Crippen LogP contribution in [-0.4, -0.2) is 24.1 Å². The van der Waals surface area contributed by atoms with Crippen molar-refractivity contribution in [2.45, 2.75) is 31.5 Å². The lowest BCUT2D eigenvalue weighted by atomic mass is 10.3. The highest BCUT2D eigenvalue weighted by Crippen LogP contribution is 2.33. The van der Waals surface area contributed by atoms with E-state index in [1.165, 1.54) is 6.07 Å². The van der Waals surface area contributed by atoms with Crippen molar-refractivity contribution in [1.29, 1.82) is 0 Å². The summed E-state index contributed by atoms with van der Waals surface area (Å²) >= 11 is 0. The molecule has 1 fully saturated rings. The maximum Gasteiger partial charge on any atom is 0.433 e. The van der Waals surface area contributed by atoms with E-state index in [2.05, 4.69) is 4.98 Å². The molecule has 3 nitrogen and oxygen atoms in total. The van der Waals surface area contributed by atoms with E-state index in [1.54, 1.807) is 6.07 Å². The van der Waals surface area contributed by atoms with Gasteiger partial charge in [-0.2, -0.15) is 13.2 Å². The van der Waals surface area contributed by atoms with Crippen molar-refractivity contribution in [1.82, 2.24) is 4.98 Å². The Labute approximate surface area is 104 Å². The van der Waals surface area contributed by atoms with Gasteiger partial charge in [0.15, 0.2) is 0 Å². The number of pyridine rings is 1. The molecule has 0 spiro atoms. The van der Waals surface area contributed by atoms with E-state index in [-0.39, 0.29) is 0 Å². The number of alkyl halides is 3. The summed E-state index contributed by atoms with van der Waals surface area (Å²) < 4.78 is 37.8. The summed E-state index contributed by atoms with van der Waals surface area (Å²) in [6, 6.07) is 4.36. The van der Waals surface area contributed by atoms with E-state index in [9.17, 15) is 13.2 Å². The number of rotatable bonds is 5.